The summed E-state index contributed by atoms with van der Waals surface area (Å²) in [6.07, 6.45) is 7.59. The molecule has 2 unspecified atom stereocenters. The molecule has 3 aromatic heterocycles. The maximum Gasteiger partial charge on any atom is 0.357 e. The molecule has 37 heavy (non-hydrogen) atoms. The lowest BCUT2D eigenvalue weighted by atomic mass is 9.79. The number of carboxylic acids is 1. The third-order valence-corrected chi connectivity index (χ3v) is 6.81. The van der Waals surface area contributed by atoms with Crippen LogP contribution in [0.5, 0.6) is 0 Å². The Labute approximate surface area is 210 Å². The average Bonchev–Trinajstić information content (AvgIpc) is 3.67. The predicted octanol–water partition coefficient (Wildman–Crippen LogP) is 4.10. The van der Waals surface area contributed by atoms with Crippen molar-refractivity contribution in [1.82, 2.24) is 14.8 Å². The first-order valence-electron chi connectivity index (χ1n) is 11.9. The molecule has 2 aliphatic rings. The molecule has 1 aliphatic carbocycles. The Hall–Kier alpha value is -4.73. The number of furan rings is 2. The Morgan fingerprint density at radius 1 is 1.05 bits per heavy atom. The standard InChI is InChI=1S/C27H22N4O6/c32-22(15-30-26(33)19-9-2-1-8-18(19)24(28-30)27(34)35)31-25(21-11-5-13-37-21)20-10-3-6-16(23(20)29-31)14-17-7-4-12-36-17/h1-2,4-5,7-9,11-14,20,25H,3,6,10,15H2,(H,34,35)/b16-14+. The largest absolute Gasteiger partial charge is 0.476 e. The van der Waals surface area contributed by atoms with E-state index in [1.54, 1.807) is 36.8 Å². The number of fused-ring (bicyclic) bond motifs is 2. The first-order chi connectivity index (χ1) is 18.0. The molecule has 0 radical (unpaired) electrons. The van der Waals surface area contributed by atoms with Crippen molar-refractivity contribution in [1.29, 1.82) is 0 Å². The SMILES string of the molecule is O=C(O)c1nn(CC(=O)N2N=C3/C(=C/c4ccco4)CCCC3C2c2ccco2)c(=O)c2ccccc12. The van der Waals surface area contributed by atoms with Gasteiger partial charge in [-0.05, 0) is 61.2 Å². The Balaban J connectivity index is 1.40. The summed E-state index contributed by atoms with van der Waals surface area (Å²) in [5.74, 6) is -0.596. The molecular weight excluding hydrogens is 476 g/mol. The molecule has 4 aromatic rings. The number of hydrazone groups is 1. The van der Waals surface area contributed by atoms with Crippen molar-refractivity contribution >= 4 is 34.4 Å². The molecule has 6 rings (SSSR count). The lowest BCUT2D eigenvalue weighted by molar-refractivity contribution is -0.135. The Kier molecular flexibility index (Phi) is 5.56. The van der Waals surface area contributed by atoms with E-state index < -0.39 is 30.0 Å². The number of carbonyl (C=O) groups is 2. The summed E-state index contributed by atoms with van der Waals surface area (Å²) in [6, 6.07) is 13.1. The monoisotopic (exact) mass is 498 g/mol. The van der Waals surface area contributed by atoms with Gasteiger partial charge in [0.05, 0.1) is 23.6 Å². The zero-order valence-electron chi connectivity index (χ0n) is 19.6. The van der Waals surface area contributed by atoms with Gasteiger partial charge in [0.2, 0.25) is 0 Å². The van der Waals surface area contributed by atoms with Crippen LogP contribution in [0.1, 0.15) is 47.3 Å². The zero-order chi connectivity index (χ0) is 25.5. The van der Waals surface area contributed by atoms with Crippen LogP contribution in [0, 0.1) is 5.92 Å². The van der Waals surface area contributed by atoms with Crippen LogP contribution in [0.4, 0.5) is 0 Å². The van der Waals surface area contributed by atoms with Crippen LogP contribution >= 0.6 is 0 Å². The molecule has 2 atom stereocenters. The van der Waals surface area contributed by atoms with E-state index in [4.69, 9.17) is 13.9 Å². The summed E-state index contributed by atoms with van der Waals surface area (Å²) in [4.78, 5) is 38.6. The van der Waals surface area contributed by atoms with Gasteiger partial charge >= 0.3 is 5.97 Å². The van der Waals surface area contributed by atoms with Gasteiger partial charge in [-0.1, -0.05) is 18.2 Å². The number of nitrogens with zero attached hydrogens (tertiary/aromatic N) is 4. The third-order valence-electron chi connectivity index (χ3n) is 6.81. The van der Waals surface area contributed by atoms with Gasteiger partial charge < -0.3 is 13.9 Å². The van der Waals surface area contributed by atoms with Crippen LogP contribution < -0.4 is 5.56 Å². The van der Waals surface area contributed by atoms with E-state index in [1.807, 2.05) is 18.2 Å². The zero-order valence-corrected chi connectivity index (χ0v) is 19.6. The second-order valence-corrected chi connectivity index (χ2v) is 9.03. The van der Waals surface area contributed by atoms with Crippen molar-refractivity contribution in [2.24, 2.45) is 11.0 Å². The molecule has 10 heteroatoms. The van der Waals surface area contributed by atoms with Crippen LogP contribution in [0.25, 0.3) is 16.8 Å². The predicted molar refractivity (Wildman–Crippen MR) is 133 cm³/mol. The molecule has 4 heterocycles. The number of hydrogen-bond donors (Lipinski definition) is 1. The number of rotatable bonds is 5. The number of allylic oxidation sites excluding steroid dienone is 1. The number of amides is 1. The average molecular weight is 498 g/mol. The number of aromatic carboxylic acids is 1. The highest BCUT2D eigenvalue weighted by Gasteiger charge is 2.45. The lowest BCUT2D eigenvalue weighted by Gasteiger charge is -2.27. The van der Waals surface area contributed by atoms with E-state index in [9.17, 15) is 19.5 Å². The van der Waals surface area contributed by atoms with Gasteiger partial charge in [0.1, 0.15) is 24.1 Å². The second kappa shape index (κ2) is 9.05. The van der Waals surface area contributed by atoms with Gasteiger partial charge in [-0.3, -0.25) is 9.59 Å². The van der Waals surface area contributed by atoms with Crippen molar-refractivity contribution < 1.29 is 23.5 Å². The van der Waals surface area contributed by atoms with Crippen molar-refractivity contribution in [3.8, 4) is 0 Å². The van der Waals surface area contributed by atoms with E-state index in [1.165, 1.54) is 17.1 Å². The van der Waals surface area contributed by atoms with Gasteiger partial charge in [-0.25, -0.2) is 14.5 Å². The minimum absolute atomic E-state index is 0.0964. The van der Waals surface area contributed by atoms with Gasteiger partial charge in [-0.15, -0.1) is 0 Å². The summed E-state index contributed by atoms with van der Waals surface area (Å²) in [5.41, 5.74) is 0.913. The quantitative estimate of drug-likeness (QED) is 0.438. The summed E-state index contributed by atoms with van der Waals surface area (Å²) in [6.45, 7) is -0.470. The highest BCUT2D eigenvalue weighted by molar-refractivity contribution is 6.08. The maximum absolute atomic E-state index is 13.6. The molecule has 186 valence electrons. The van der Waals surface area contributed by atoms with E-state index >= 15 is 0 Å². The summed E-state index contributed by atoms with van der Waals surface area (Å²) in [5, 5.41) is 20.2. The summed E-state index contributed by atoms with van der Waals surface area (Å²) >= 11 is 0. The molecule has 1 aromatic carbocycles. The number of carbonyl (C=O) groups excluding carboxylic acids is 1. The molecule has 0 spiro atoms. The van der Waals surface area contributed by atoms with Crippen molar-refractivity contribution in [2.75, 3.05) is 0 Å². The molecule has 1 fully saturated rings. The van der Waals surface area contributed by atoms with Gasteiger partial charge in [0.25, 0.3) is 11.5 Å². The fraction of sp³-hybridized carbons (Fsp3) is 0.222. The molecule has 1 N–H and O–H groups in total. The third kappa shape index (κ3) is 3.96. The second-order valence-electron chi connectivity index (χ2n) is 9.03. The summed E-state index contributed by atoms with van der Waals surface area (Å²) < 4.78 is 12.1. The highest BCUT2D eigenvalue weighted by atomic mass is 16.4. The van der Waals surface area contributed by atoms with Crippen molar-refractivity contribution in [2.45, 2.75) is 31.8 Å². The molecule has 0 bridgehead atoms. The molecular formula is C27H22N4O6. The van der Waals surface area contributed by atoms with Gasteiger partial charge in [-0.2, -0.15) is 10.2 Å². The van der Waals surface area contributed by atoms with Gasteiger partial charge in [0, 0.05) is 11.3 Å². The Morgan fingerprint density at radius 3 is 2.57 bits per heavy atom. The van der Waals surface area contributed by atoms with Crippen LogP contribution in [0.3, 0.4) is 0 Å². The molecule has 0 saturated heterocycles. The molecule has 1 saturated carbocycles. The molecule has 1 amide bonds. The topological polar surface area (TPSA) is 131 Å². The van der Waals surface area contributed by atoms with E-state index in [2.05, 4.69) is 5.10 Å². The number of hydrogen-bond acceptors (Lipinski definition) is 7. The fourth-order valence-electron chi connectivity index (χ4n) is 5.19. The first-order valence-corrected chi connectivity index (χ1v) is 11.9. The number of carboxylic acid groups (broad SMARTS) is 1. The summed E-state index contributed by atoms with van der Waals surface area (Å²) in [7, 11) is 0. The number of aromatic nitrogens is 2. The fourth-order valence-corrected chi connectivity index (χ4v) is 5.19. The van der Waals surface area contributed by atoms with Gasteiger partial charge in [0.15, 0.2) is 5.69 Å². The van der Waals surface area contributed by atoms with Crippen molar-refractivity contribution in [3.63, 3.8) is 0 Å². The lowest BCUT2D eigenvalue weighted by Crippen LogP contribution is -2.37. The molecule has 10 nitrogen and oxygen atoms in total. The van der Waals surface area contributed by atoms with Crippen molar-refractivity contribution in [3.05, 3.63) is 94.2 Å². The Morgan fingerprint density at radius 2 is 1.84 bits per heavy atom. The normalized spacial score (nSPS) is 20.3. The first kappa shape index (κ1) is 22.7. The van der Waals surface area contributed by atoms with Crippen LogP contribution in [0.2, 0.25) is 0 Å². The smallest absolute Gasteiger partial charge is 0.357 e. The maximum atomic E-state index is 13.6. The van der Waals surface area contributed by atoms with Crippen LogP contribution in [-0.2, 0) is 11.3 Å². The van der Waals surface area contributed by atoms with Crippen LogP contribution in [0.15, 0.2) is 85.4 Å². The minimum Gasteiger partial charge on any atom is -0.476 e. The highest BCUT2D eigenvalue weighted by Crippen LogP contribution is 2.44. The minimum atomic E-state index is -1.29. The molecule has 1 aliphatic heterocycles. The van der Waals surface area contributed by atoms with E-state index in [-0.39, 0.29) is 22.4 Å². The van der Waals surface area contributed by atoms with E-state index in [0.29, 0.717) is 11.5 Å². The van der Waals surface area contributed by atoms with Crippen LogP contribution in [-0.4, -0.2) is 37.5 Å². The van der Waals surface area contributed by atoms with E-state index in [0.717, 1.165) is 35.2 Å². The number of benzene rings is 1. The Bertz CT molecular complexity index is 1610.